The van der Waals surface area contributed by atoms with E-state index in [2.05, 4.69) is 69.2 Å². The number of nitrogens with zero attached hydrogens (tertiary/aromatic N) is 4. The molecule has 0 radical (unpaired) electrons. The van der Waals surface area contributed by atoms with Crippen LogP contribution in [0.4, 0.5) is 0 Å². The van der Waals surface area contributed by atoms with Gasteiger partial charge < -0.3 is 14.8 Å². The van der Waals surface area contributed by atoms with Gasteiger partial charge in [-0.3, -0.25) is 4.79 Å². The summed E-state index contributed by atoms with van der Waals surface area (Å²) in [6.07, 6.45) is 7.64. The molecule has 6 heteroatoms. The summed E-state index contributed by atoms with van der Waals surface area (Å²) in [5, 5.41) is 12.2. The molecule has 1 unspecified atom stereocenters. The summed E-state index contributed by atoms with van der Waals surface area (Å²) in [4.78, 5) is 15.2. The predicted octanol–water partition coefficient (Wildman–Crippen LogP) is 3.39. The molecule has 31 heavy (non-hydrogen) atoms. The van der Waals surface area contributed by atoms with Crippen LogP contribution in [0.3, 0.4) is 0 Å². The van der Waals surface area contributed by atoms with Crippen LogP contribution >= 0.6 is 0 Å². The molecule has 1 aromatic carbocycles. The van der Waals surface area contributed by atoms with E-state index in [9.17, 15) is 4.79 Å². The highest BCUT2D eigenvalue weighted by atomic mass is 16.1. The molecule has 2 aromatic rings. The SMILES string of the molecule is CC(C)N1CCC(CC(=O)NC2CCc3nnc(CCc4ccccc4)n3CC2)CC1. The molecule has 6 nitrogen and oxygen atoms in total. The van der Waals surface area contributed by atoms with Crippen molar-refractivity contribution in [3.8, 4) is 0 Å². The number of carbonyl (C=O) groups excluding carboxylic acids is 1. The summed E-state index contributed by atoms with van der Waals surface area (Å²) in [6, 6.07) is 11.4. The zero-order chi connectivity index (χ0) is 21.6. The van der Waals surface area contributed by atoms with Crippen LogP contribution < -0.4 is 5.32 Å². The van der Waals surface area contributed by atoms with E-state index < -0.39 is 0 Å². The number of carbonyl (C=O) groups is 1. The fourth-order valence-corrected chi connectivity index (χ4v) is 5.00. The van der Waals surface area contributed by atoms with E-state index >= 15 is 0 Å². The highest BCUT2D eigenvalue weighted by Crippen LogP contribution is 2.22. The summed E-state index contributed by atoms with van der Waals surface area (Å²) in [5.74, 6) is 2.91. The van der Waals surface area contributed by atoms with Gasteiger partial charge in [0.15, 0.2) is 0 Å². The first kappa shape index (κ1) is 22.0. The number of aromatic nitrogens is 3. The van der Waals surface area contributed by atoms with Gasteiger partial charge in [0.05, 0.1) is 0 Å². The minimum atomic E-state index is 0.231. The molecule has 1 fully saturated rings. The fraction of sp³-hybridized carbons (Fsp3) is 0.640. The van der Waals surface area contributed by atoms with Crippen LogP contribution in [-0.2, 0) is 30.6 Å². The normalized spacial score (nSPS) is 20.4. The molecule has 168 valence electrons. The maximum atomic E-state index is 12.7. The number of piperidine rings is 1. The van der Waals surface area contributed by atoms with Crippen molar-refractivity contribution in [1.82, 2.24) is 25.0 Å². The first-order valence-corrected chi connectivity index (χ1v) is 12.1. The van der Waals surface area contributed by atoms with Crippen LogP contribution in [0.5, 0.6) is 0 Å². The van der Waals surface area contributed by atoms with Crippen LogP contribution in [0, 0.1) is 5.92 Å². The zero-order valence-electron chi connectivity index (χ0n) is 19.1. The number of aryl methyl sites for hydroxylation is 3. The minimum Gasteiger partial charge on any atom is -0.353 e. The van der Waals surface area contributed by atoms with E-state index in [4.69, 9.17) is 0 Å². The average molecular weight is 424 g/mol. The Morgan fingerprint density at radius 1 is 1.03 bits per heavy atom. The third kappa shape index (κ3) is 5.94. The number of nitrogens with one attached hydrogen (secondary N) is 1. The van der Waals surface area contributed by atoms with Crippen LogP contribution in [0.1, 0.15) is 63.2 Å². The second-order valence-corrected chi connectivity index (χ2v) is 9.54. The molecule has 0 aliphatic carbocycles. The molecule has 1 atom stereocenters. The Morgan fingerprint density at radius 2 is 1.81 bits per heavy atom. The van der Waals surface area contributed by atoms with Crippen LogP contribution in [0.15, 0.2) is 30.3 Å². The van der Waals surface area contributed by atoms with Gasteiger partial charge in [-0.15, -0.1) is 10.2 Å². The molecule has 1 saturated heterocycles. The second kappa shape index (κ2) is 10.4. The van der Waals surface area contributed by atoms with Crippen molar-refractivity contribution in [1.29, 1.82) is 0 Å². The summed E-state index contributed by atoms with van der Waals surface area (Å²) < 4.78 is 2.29. The highest BCUT2D eigenvalue weighted by molar-refractivity contribution is 5.76. The number of benzene rings is 1. The molecule has 0 bridgehead atoms. The Hall–Kier alpha value is -2.21. The molecular weight excluding hydrogens is 386 g/mol. The molecule has 1 aromatic heterocycles. The van der Waals surface area contributed by atoms with Crippen molar-refractivity contribution in [2.45, 2.75) is 83.8 Å². The van der Waals surface area contributed by atoms with Gasteiger partial charge in [0, 0.05) is 37.9 Å². The third-order valence-electron chi connectivity index (χ3n) is 7.02. The van der Waals surface area contributed by atoms with Crippen LogP contribution in [0.2, 0.25) is 0 Å². The van der Waals surface area contributed by atoms with Gasteiger partial charge in [-0.1, -0.05) is 30.3 Å². The van der Waals surface area contributed by atoms with Crippen molar-refractivity contribution >= 4 is 5.91 Å². The van der Waals surface area contributed by atoms with Gasteiger partial charge in [-0.25, -0.2) is 0 Å². The summed E-state index contributed by atoms with van der Waals surface area (Å²) in [7, 11) is 0. The lowest BCUT2D eigenvalue weighted by molar-refractivity contribution is -0.123. The van der Waals surface area contributed by atoms with Crippen molar-refractivity contribution in [3.05, 3.63) is 47.5 Å². The standard InChI is InChI=1S/C25H37N5O/c1-19(2)29-15-12-21(13-16-29)18-25(31)26-22-9-11-24-28-27-23(30(24)17-14-22)10-8-20-6-4-3-5-7-20/h3-7,19,21-22H,8-18H2,1-2H3,(H,26,31). The lowest BCUT2D eigenvalue weighted by Gasteiger charge is -2.34. The van der Waals surface area contributed by atoms with E-state index in [0.717, 1.165) is 76.2 Å². The fourth-order valence-electron chi connectivity index (χ4n) is 5.00. The molecule has 1 N–H and O–H groups in total. The molecule has 1 amide bonds. The Labute approximate surface area is 186 Å². The molecule has 3 heterocycles. The highest BCUT2D eigenvalue weighted by Gasteiger charge is 2.25. The Balaban J connectivity index is 1.24. The smallest absolute Gasteiger partial charge is 0.220 e. The monoisotopic (exact) mass is 423 g/mol. The average Bonchev–Trinajstić information content (AvgIpc) is 3.06. The van der Waals surface area contributed by atoms with Crippen LogP contribution in [0.25, 0.3) is 0 Å². The number of amides is 1. The third-order valence-corrected chi connectivity index (χ3v) is 7.02. The van der Waals surface area contributed by atoms with Crippen molar-refractivity contribution < 1.29 is 4.79 Å². The maximum absolute atomic E-state index is 12.7. The zero-order valence-corrected chi connectivity index (χ0v) is 19.1. The van der Waals surface area contributed by atoms with E-state index in [1.807, 2.05) is 0 Å². The van der Waals surface area contributed by atoms with Gasteiger partial charge >= 0.3 is 0 Å². The van der Waals surface area contributed by atoms with Gasteiger partial charge in [-0.05, 0) is 70.5 Å². The molecule has 2 aliphatic rings. The number of hydrogen-bond acceptors (Lipinski definition) is 4. The first-order valence-electron chi connectivity index (χ1n) is 12.1. The molecule has 0 saturated carbocycles. The quantitative estimate of drug-likeness (QED) is 0.741. The van der Waals surface area contributed by atoms with Crippen molar-refractivity contribution in [2.24, 2.45) is 5.92 Å². The molecule has 4 rings (SSSR count). The van der Waals surface area contributed by atoms with E-state index in [-0.39, 0.29) is 11.9 Å². The van der Waals surface area contributed by atoms with Crippen molar-refractivity contribution in [2.75, 3.05) is 13.1 Å². The van der Waals surface area contributed by atoms with E-state index in [0.29, 0.717) is 18.4 Å². The molecule has 2 aliphatic heterocycles. The largest absolute Gasteiger partial charge is 0.353 e. The molecular formula is C25H37N5O. The minimum absolute atomic E-state index is 0.231. The van der Waals surface area contributed by atoms with E-state index in [1.165, 1.54) is 5.56 Å². The van der Waals surface area contributed by atoms with Gasteiger partial charge in [0.1, 0.15) is 11.6 Å². The Morgan fingerprint density at radius 3 is 2.55 bits per heavy atom. The van der Waals surface area contributed by atoms with E-state index in [1.54, 1.807) is 0 Å². The number of likely N-dealkylation sites (tertiary alicyclic amines) is 1. The number of rotatable bonds is 7. The topological polar surface area (TPSA) is 63.1 Å². The Bertz CT molecular complexity index is 839. The predicted molar refractivity (Wildman–Crippen MR) is 123 cm³/mol. The summed E-state index contributed by atoms with van der Waals surface area (Å²) in [5.41, 5.74) is 1.33. The summed E-state index contributed by atoms with van der Waals surface area (Å²) in [6.45, 7) is 7.65. The summed E-state index contributed by atoms with van der Waals surface area (Å²) >= 11 is 0. The lowest BCUT2D eigenvalue weighted by atomic mass is 9.92. The molecule has 0 spiro atoms. The first-order chi connectivity index (χ1) is 15.1. The van der Waals surface area contributed by atoms with Gasteiger partial charge in [-0.2, -0.15) is 0 Å². The lowest BCUT2D eigenvalue weighted by Crippen LogP contribution is -2.41. The second-order valence-electron chi connectivity index (χ2n) is 9.54. The van der Waals surface area contributed by atoms with Crippen LogP contribution in [-0.4, -0.2) is 50.7 Å². The van der Waals surface area contributed by atoms with Gasteiger partial charge in [0.25, 0.3) is 0 Å². The number of fused-ring (bicyclic) bond motifs is 1. The Kier molecular flexibility index (Phi) is 7.38. The maximum Gasteiger partial charge on any atom is 0.220 e. The van der Waals surface area contributed by atoms with Crippen molar-refractivity contribution in [3.63, 3.8) is 0 Å². The van der Waals surface area contributed by atoms with Gasteiger partial charge in [0.2, 0.25) is 5.91 Å². The number of hydrogen-bond donors (Lipinski definition) is 1.